The van der Waals surface area contributed by atoms with Crippen LogP contribution in [0.25, 0.3) is 0 Å². The van der Waals surface area contributed by atoms with Crippen LogP contribution in [0.15, 0.2) is 41.3 Å². The molecular formula is C19H20FN3O3. The largest absolute Gasteiger partial charge is 0.355 e. The van der Waals surface area contributed by atoms with E-state index in [-0.39, 0.29) is 35.4 Å². The molecule has 1 heterocycles. The number of carbonyl (C=O) groups excluding carboxylic acids is 2. The molecule has 0 bridgehead atoms. The molecule has 3 rings (SSSR count). The van der Waals surface area contributed by atoms with Gasteiger partial charge in [-0.3, -0.25) is 14.4 Å². The molecule has 1 aromatic carbocycles. The Morgan fingerprint density at radius 3 is 2.46 bits per heavy atom. The highest BCUT2D eigenvalue weighted by molar-refractivity contribution is 5.99. The van der Waals surface area contributed by atoms with E-state index in [1.165, 1.54) is 36.0 Å². The number of carbonyl (C=O) groups is 2. The number of hydrogen-bond acceptors (Lipinski definition) is 3. The average Bonchev–Trinajstić information content (AvgIpc) is 3.32. The fourth-order valence-corrected chi connectivity index (χ4v) is 2.74. The molecule has 26 heavy (non-hydrogen) atoms. The number of amides is 2. The molecular weight excluding hydrogens is 337 g/mol. The van der Waals surface area contributed by atoms with E-state index in [9.17, 15) is 18.8 Å². The molecule has 2 aromatic rings. The second-order valence-electron chi connectivity index (χ2n) is 6.57. The Hall–Kier alpha value is -2.96. The lowest BCUT2D eigenvalue weighted by molar-refractivity contribution is 0.0948. The van der Waals surface area contributed by atoms with E-state index in [0.717, 1.165) is 6.42 Å². The molecule has 2 N–H and O–H groups in total. The van der Waals surface area contributed by atoms with Crippen LogP contribution in [-0.2, 0) is 6.54 Å². The van der Waals surface area contributed by atoms with E-state index in [2.05, 4.69) is 10.6 Å². The van der Waals surface area contributed by atoms with Gasteiger partial charge in [0, 0.05) is 19.3 Å². The summed E-state index contributed by atoms with van der Waals surface area (Å²) in [6, 6.07) is 7.14. The molecule has 0 unspecified atom stereocenters. The summed E-state index contributed by atoms with van der Waals surface area (Å²) in [5.74, 6) is -0.823. The molecule has 1 fully saturated rings. The first-order chi connectivity index (χ1) is 12.4. The maximum atomic E-state index is 13.1. The van der Waals surface area contributed by atoms with Gasteiger partial charge in [-0.15, -0.1) is 0 Å². The summed E-state index contributed by atoms with van der Waals surface area (Å²) in [6.45, 7) is 2.17. The standard InChI is InChI=1S/C19H20FN3O3/c1-11-7-16(11)22-17(24)13-8-15(18(25)21-2)19(26)23(10-13)9-12-3-5-14(20)6-4-12/h3-6,8,10-11,16H,7,9H2,1-2H3,(H,21,25)(H,22,24)/t11-,16-/m1/s1. The van der Waals surface area contributed by atoms with Crippen molar-refractivity contribution >= 4 is 11.8 Å². The second-order valence-corrected chi connectivity index (χ2v) is 6.57. The first-order valence-corrected chi connectivity index (χ1v) is 8.41. The van der Waals surface area contributed by atoms with Crippen LogP contribution in [0.4, 0.5) is 4.39 Å². The first-order valence-electron chi connectivity index (χ1n) is 8.41. The number of nitrogens with one attached hydrogen (secondary N) is 2. The highest BCUT2D eigenvalue weighted by Gasteiger charge is 2.34. The average molecular weight is 357 g/mol. The van der Waals surface area contributed by atoms with Gasteiger partial charge in [-0.2, -0.15) is 0 Å². The lowest BCUT2D eigenvalue weighted by Crippen LogP contribution is -2.34. The maximum absolute atomic E-state index is 13.1. The van der Waals surface area contributed by atoms with Crippen LogP contribution < -0.4 is 16.2 Å². The number of aromatic nitrogens is 1. The molecule has 0 radical (unpaired) electrons. The van der Waals surface area contributed by atoms with Gasteiger partial charge in [-0.1, -0.05) is 19.1 Å². The predicted molar refractivity (Wildman–Crippen MR) is 94.6 cm³/mol. The summed E-state index contributed by atoms with van der Waals surface area (Å²) >= 11 is 0. The molecule has 1 aliphatic carbocycles. The fourth-order valence-electron chi connectivity index (χ4n) is 2.74. The Morgan fingerprint density at radius 2 is 1.88 bits per heavy atom. The molecule has 6 nitrogen and oxygen atoms in total. The molecule has 2 atom stereocenters. The van der Waals surface area contributed by atoms with Crippen LogP contribution in [-0.4, -0.2) is 29.5 Å². The van der Waals surface area contributed by atoms with E-state index in [0.29, 0.717) is 11.5 Å². The molecule has 1 saturated carbocycles. The molecule has 0 aliphatic heterocycles. The zero-order valence-electron chi connectivity index (χ0n) is 14.6. The summed E-state index contributed by atoms with van der Waals surface area (Å²) in [6.07, 6.45) is 2.35. The van der Waals surface area contributed by atoms with Gasteiger partial charge in [0.1, 0.15) is 11.4 Å². The van der Waals surface area contributed by atoms with Crippen LogP contribution in [0.3, 0.4) is 0 Å². The predicted octanol–water partition coefficient (Wildman–Crippen LogP) is 1.53. The smallest absolute Gasteiger partial charge is 0.263 e. The van der Waals surface area contributed by atoms with Crippen molar-refractivity contribution in [2.45, 2.75) is 25.9 Å². The topological polar surface area (TPSA) is 80.2 Å². The minimum Gasteiger partial charge on any atom is -0.355 e. The van der Waals surface area contributed by atoms with E-state index in [1.54, 1.807) is 12.1 Å². The van der Waals surface area contributed by atoms with Crippen LogP contribution in [0.1, 0.15) is 39.6 Å². The summed E-state index contributed by atoms with van der Waals surface area (Å²) in [5.41, 5.74) is 0.310. The number of benzene rings is 1. The third-order valence-electron chi connectivity index (χ3n) is 4.51. The number of rotatable bonds is 5. The fraction of sp³-hybridized carbons (Fsp3) is 0.316. The summed E-state index contributed by atoms with van der Waals surface area (Å²) in [4.78, 5) is 37.1. The lowest BCUT2D eigenvalue weighted by atomic mass is 10.1. The van der Waals surface area contributed by atoms with Gasteiger partial charge >= 0.3 is 0 Å². The summed E-state index contributed by atoms with van der Waals surface area (Å²) < 4.78 is 14.4. The van der Waals surface area contributed by atoms with Crippen molar-refractivity contribution in [1.29, 1.82) is 0 Å². The lowest BCUT2D eigenvalue weighted by Gasteiger charge is -2.12. The second kappa shape index (κ2) is 7.11. The van der Waals surface area contributed by atoms with Gasteiger partial charge in [0.2, 0.25) is 0 Å². The van der Waals surface area contributed by atoms with E-state index >= 15 is 0 Å². The highest BCUT2D eigenvalue weighted by Crippen LogP contribution is 2.29. The molecule has 0 spiro atoms. The van der Waals surface area contributed by atoms with Gasteiger partial charge in [-0.25, -0.2) is 4.39 Å². The van der Waals surface area contributed by atoms with Crippen molar-refractivity contribution in [3.63, 3.8) is 0 Å². The zero-order valence-corrected chi connectivity index (χ0v) is 14.6. The third-order valence-corrected chi connectivity index (χ3v) is 4.51. The van der Waals surface area contributed by atoms with Gasteiger partial charge in [0.05, 0.1) is 12.1 Å². The van der Waals surface area contributed by atoms with Crippen LogP contribution in [0, 0.1) is 11.7 Å². The van der Waals surface area contributed by atoms with Gasteiger partial charge in [0.15, 0.2) is 0 Å². The third kappa shape index (κ3) is 3.82. The quantitative estimate of drug-likeness (QED) is 0.852. The number of halogens is 1. The molecule has 0 saturated heterocycles. The normalized spacial score (nSPS) is 18.3. The molecule has 1 aromatic heterocycles. The summed E-state index contributed by atoms with van der Waals surface area (Å²) in [5, 5.41) is 5.30. The molecule has 1 aliphatic rings. The first kappa shape index (κ1) is 17.8. The van der Waals surface area contributed by atoms with Crippen molar-refractivity contribution in [2.75, 3.05) is 7.05 Å². The van der Waals surface area contributed by atoms with E-state index in [1.807, 2.05) is 6.92 Å². The Kier molecular flexibility index (Phi) is 4.88. The van der Waals surface area contributed by atoms with Crippen molar-refractivity contribution < 1.29 is 14.0 Å². The molecule has 2 amide bonds. The SMILES string of the molecule is CNC(=O)c1cc(C(=O)N[C@@H]2C[C@H]2C)cn(Cc2ccc(F)cc2)c1=O. The summed E-state index contributed by atoms with van der Waals surface area (Å²) in [7, 11) is 1.42. The van der Waals surface area contributed by atoms with Gasteiger partial charge in [-0.05, 0) is 36.1 Å². The number of pyridine rings is 1. The Labute approximate surface area is 150 Å². The van der Waals surface area contributed by atoms with E-state index < -0.39 is 11.5 Å². The Bertz CT molecular complexity index is 905. The van der Waals surface area contributed by atoms with Crippen molar-refractivity contribution in [3.8, 4) is 0 Å². The van der Waals surface area contributed by atoms with Crippen LogP contribution in [0.5, 0.6) is 0 Å². The Morgan fingerprint density at radius 1 is 1.23 bits per heavy atom. The highest BCUT2D eigenvalue weighted by atomic mass is 19.1. The molecule has 7 heteroatoms. The zero-order chi connectivity index (χ0) is 18.8. The van der Waals surface area contributed by atoms with Crippen molar-refractivity contribution in [2.24, 2.45) is 5.92 Å². The Balaban J connectivity index is 1.96. The minimum atomic E-state index is -0.558. The van der Waals surface area contributed by atoms with E-state index in [4.69, 9.17) is 0 Å². The number of nitrogens with zero attached hydrogens (tertiary/aromatic N) is 1. The van der Waals surface area contributed by atoms with Gasteiger partial charge < -0.3 is 15.2 Å². The maximum Gasteiger partial charge on any atom is 0.263 e. The van der Waals surface area contributed by atoms with Crippen molar-refractivity contribution in [3.05, 3.63) is 69.4 Å². The van der Waals surface area contributed by atoms with Crippen LogP contribution >= 0.6 is 0 Å². The monoisotopic (exact) mass is 357 g/mol. The van der Waals surface area contributed by atoms with Crippen LogP contribution in [0.2, 0.25) is 0 Å². The number of hydrogen-bond donors (Lipinski definition) is 2. The van der Waals surface area contributed by atoms with Gasteiger partial charge in [0.25, 0.3) is 17.4 Å². The minimum absolute atomic E-state index is 0.105. The molecule has 136 valence electrons. The van der Waals surface area contributed by atoms with Crippen molar-refractivity contribution in [1.82, 2.24) is 15.2 Å².